The van der Waals surface area contributed by atoms with Crippen molar-refractivity contribution < 1.29 is 27.5 Å². The van der Waals surface area contributed by atoms with E-state index in [0.717, 1.165) is 18.6 Å². The van der Waals surface area contributed by atoms with Gasteiger partial charge in [0.1, 0.15) is 5.82 Å². The predicted molar refractivity (Wildman–Crippen MR) is 109 cm³/mol. The molecule has 1 aliphatic carbocycles. The van der Waals surface area contributed by atoms with Crippen molar-refractivity contribution in [2.75, 3.05) is 5.32 Å². The molecule has 32 heavy (non-hydrogen) atoms. The number of nitrogens with zero attached hydrogens (tertiary/aromatic N) is 2. The molecule has 1 heterocycles. The summed E-state index contributed by atoms with van der Waals surface area (Å²) in [5.41, 5.74) is -0.123. The summed E-state index contributed by atoms with van der Waals surface area (Å²) < 4.78 is 52.0. The lowest BCUT2D eigenvalue weighted by Gasteiger charge is -2.39. The second-order valence-electron chi connectivity index (χ2n) is 7.71. The van der Waals surface area contributed by atoms with Crippen LogP contribution in [0.15, 0.2) is 54.9 Å². The van der Waals surface area contributed by atoms with E-state index < -0.39 is 29.6 Å². The molecule has 0 saturated heterocycles. The van der Waals surface area contributed by atoms with Crippen LogP contribution in [0, 0.1) is 5.82 Å². The van der Waals surface area contributed by atoms with Crippen molar-refractivity contribution in [2.45, 2.75) is 37.5 Å². The van der Waals surface area contributed by atoms with Gasteiger partial charge in [-0.1, -0.05) is 12.5 Å². The van der Waals surface area contributed by atoms with E-state index >= 15 is 0 Å². The lowest BCUT2D eigenvalue weighted by molar-refractivity contribution is -0.137. The average Bonchev–Trinajstić information content (AvgIpc) is 2.74. The third-order valence-corrected chi connectivity index (χ3v) is 5.76. The Bertz CT molecular complexity index is 1130. The predicted octanol–water partition coefficient (Wildman–Crippen LogP) is 4.85. The molecule has 0 unspecified atom stereocenters. The quantitative estimate of drug-likeness (QED) is 0.551. The maximum Gasteiger partial charge on any atom is 0.416 e. The third kappa shape index (κ3) is 4.08. The molecule has 166 valence electrons. The Morgan fingerprint density at radius 1 is 1.06 bits per heavy atom. The molecule has 1 fully saturated rings. The molecule has 1 amide bonds. The van der Waals surface area contributed by atoms with Gasteiger partial charge in [-0.05, 0) is 54.8 Å². The summed E-state index contributed by atoms with van der Waals surface area (Å²) in [4.78, 5) is 21.7. The molecule has 0 aliphatic heterocycles. The summed E-state index contributed by atoms with van der Waals surface area (Å²) in [6.45, 7) is -0.591. The molecule has 0 radical (unpaired) electrons. The molecule has 0 atom stereocenters. The van der Waals surface area contributed by atoms with E-state index in [1.165, 1.54) is 42.7 Å². The number of hydrogen-bond donors (Lipinski definition) is 2. The summed E-state index contributed by atoms with van der Waals surface area (Å²) in [5, 5.41) is 12.3. The van der Waals surface area contributed by atoms with Crippen LogP contribution in [0.4, 0.5) is 23.2 Å². The van der Waals surface area contributed by atoms with Crippen molar-refractivity contribution in [3.8, 4) is 11.3 Å². The largest absolute Gasteiger partial charge is 0.416 e. The molecule has 0 bridgehead atoms. The van der Waals surface area contributed by atoms with Gasteiger partial charge in [0.05, 0.1) is 41.4 Å². The topological polar surface area (TPSA) is 75.1 Å². The van der Waals surface area contributed by atoms with Crippen molar-refractivity contribution in [1.82, 2.24) is 9.97 Å². The van der Waals surface area contributed by atoms with Gasteiger partial charge in [-0.2, -0.15) is 13.2 Å². The highest BCUT2D eigenvalue weighted by molar-refractivity contribution is 5.99. The molecule has 1 aliphatic rings. The van der Waals surface area contributed by atoms with Crippen LogP contribution in [0.3, 0.4) is 0 Å². The molecular weight excluding hydrogens is 426 g/mol. The zero-order valence-corrected chi connectivity index (χ0v) is 16.8. The molecule has 2 N–H and O–H groups in total. The molecule has 1 saturated carbocycles. The van der Waals surface area contributed by atoms with Crippen molar-refractivity contribution in [1.29, 1.82) is 0 Å². The van der Waals surface area contributed by atoms with E-state index in [0.29, 0.717) is 35.5 Å². The fourth-order valence-electron chi connectivity index (χ4n) is 3.78. The van der Waals surface area contributed by atoms with Crippen LogP contribution in [0.5, 0.6) is 0 Å². The summed E-state index contributed by atoms with van der Waals surface area (Å²) in [7, 11) is 0. The number of benzene rings is 2. The highest BCUT2D eigenvalue weighted by atomic mass is 19.4. The second kappa shape index (κ2) is 8.31. The molecule has 1 aromatic heterocycles. The van der Waals surface area contributed by atoms with Gasteiger partial charge in [0, 0.05) is 11.3 Å². The Balaban J connectivity index is 1.60. The standard InChI is InChI=1S/C23H19F4N3O2/c24-16-3-5-17(6-4-16)30-21(32)22(8-1-9-22)20-12-28-19(11-29-20)18-7-2-15(23(25,26)27)10-14(18)13-31/h2-7,10-12,31H,1,8-9,13H2,(H,30,32). The highest BCUT2D eigenvalue weighted by Gasteiger charge is 2.47. The Morgan fingerprint density at radius 3 is 2.31 bits per heavy atom. The van der Waals surface area contributed by atoms with Gasteiger partial charge >= 0.3 is 6.18 Å². The van der Waals surface area contributed by atoms with Gasteiger partial charge in [0.2, 0.25) is 5.91 Å². The van der Waals surface area contributed by atoms with E-state index in [-0.39, 0.29) is 11.5 Å². The van der Waals surface area contributed by atoms with Crippen LogP contribution >= 0.6 is 0 Å². The minimum Gasteiger partial charge on any atom is -0.392 e. The van der Waals surface area contributed by atoms with E-state index in [2.05, 4.69) is 15.3 Å². The molecule has 2 aromatic carbocycles. The zero-order valence-electron chi connectivity index (χ0n) is 16.8. The van der Waals surface area contributed by atoms with Gasteiger partial charge in [0.15, 0.2) is 0 Å². The minimum absolute atomic E-state index is 0.0780. The number of aliphatic hydroxyl groups is 1. The first-order chi connectivity index (χ1) is 15.2. The van der Waals surface area contributed by atoms with Gasteiger partial charge in [-0.15, -0.1) is 0 Å². The fourth-order valence-corrected chi connectivity index (χ4v) is 3.78. The van der Waals surface area contributed by atoms with E-state index in [1.807, 2.05) is 0 Å². The van der Waals surface area contributed by atoms with E-state index in [4.69, 9.17) is 0 Å². The van der Waals surface area contributed by atoms with Crippen LogP contribution in [0.2, 0.25) is 0 Å². The minimum atomic E-state index is -4.52. The van der Waals surface area contributed by atoms with E-state index in [9.17, 15) is 27.5 Å². The van der Waals surface area contributed by atoms with Crippen LogP contribution in [-0.2, 0) is 23.0 Å². The number of amides is 1. The number of anilines is 1. The first-order valence-electron chi connectivity index (χ1n) is 9.94. The Kier molecular flexibility index (Phi) is 5.68. The van der Waals surface area contributed by atoms with Gasteiger partial charge in [0.25, 0.3) is 0 Å². The summed E-state index contributed by atoms with van der Waals surface area (Å²) >= 11 is 0. The maximum atomic E-state index is 13.1. The molecule has 0 spiro atoms. The van der Waals surface area contributed by atoms with Crippen molar-refractivity contribution in [3.05, 3.63) is 77.5 Å². The summed E-state index contributed by atoms with van der Waals surface area (Å²) in [6.07, 6.45) is 0.270. The van der Waals surface area contributed by atoms with Gasteiger partial charge in [-0.3, -0.25) is 14.8 Å². The number of hydrogen-bond acceptors (Lipinski definition) is 4. The van der Waals surface area contributed by atoms with Crippen LogP contribution in [0.25, 0.3) is 11.3 Å². The lowest BCUT2D eigenvalue weighted by atomic mass is 9.66. The smallest absolute Gasteiger partial charge is 0.392 e. The number of aromatic nitrogens is 2. The highest BCUT2D eigenvalue weighted by Crippen LogP contribution is 2.44. The maximum absolute atomic E-state index is 13.1. The third-order valence-electron chi connectivity index (χ3n) is 5.76. The molecule has 5 nitrogen and oxygen atoms in total. The van der Waals surface area contributed by atoms with Crippen molar-refractivity contribution >= 4 is 11.6 Å². The second-order valence-corrected chi connectivity index (χ2v) is 7.71. The zero-order chi connectivity index (χ0) is 22.9. The number of carbonyl (C=O) groups is 1. The first kappa shape index (κ1) is 21.9. The fraction of sp³-hybridized carbons (Fsp3) is 0.261. The Hall–Kier alpha value is -3.33. The van der Waals surface area contributed by atoms with Crippen LogP contribution in [0.1, 0.15) is 36.1 Å². The van der Waals surface area contributed by atoms with Crippen LogP contribution in [-0.4, -0.2) is 21.0 Å². The molecule has 3 aromatic rings. The van der Waals surface area contributed by atoms with Crippen LogP contribution < -0.4 is 5.32 Å². The van der Waals surface area contributed by atoms with Gasteiger partial charge in [-0.25, -0.2) is 4.39 Å². The van der Waals surface area contributed by atoms with Crippen molar-refractivity contribution in [3.63, 3.8) is 0 Å². The SMILES string of the molecule is O=C(Nc1ccc(F)cc1)C1(c2cnc(-c3ccc(C(F)(F)F)cc3CO)cn2)CCC1. The first-order valence-corrected chi connectivity index (χ1v) is 9.94. The van der Waals surface area contributed by atoms with E-state index in [1.54, 1.807) is 0 Å². The Morgan fingerprint density at radius 2 is 1.78 bits per heavy atom. The number of aliphatic hydroxyl groups excluding tert-OH is 1. The molecule has 9 heteroatoms. The lowest BCUT2D eigenvalue weighted by Crippen LogP contribution is -2.46. The number of rotatable bonds is 5. The number of alkyl halides is 3. The summed E-state index contributed by atoms with van der Waals surface area (Å²) in [5.74, 6) is -0.684. The monoisotopic (exact) mass is 445 g/mol. The van der Waals surface area contributed by atoms with Gasteiger partial charge < -0.3 is 10.4 Å². The Labute approximate surface area is 181 Å². The number of nitrogens with one attached hydrogen (secondary N) is 1. The number of halogens is 4. The van der Waals surface area contributed by atoms with Crippen molar-refractivity contribution in [2.24, 2.45) is 0 Å². The summed E-state index contributed by atoms with van der Waals surface area (Å²) in [6, 6.07) is 8.49. The molecular formula is C23H19F4N3O2. The molecule has 4 rings (SSSR count). The average molecular weight is 445 g/mol. The number of carbonyl (C=O) groups excluding carboxylic acids is 1. The normalized spacial score (nSPS) is 15.2.